The van der Waals surface area contributed by atoms with Crippen LogP contribution < -0.4 is 21.5 Å². The second-order valence-electron chi connectivity index (χ2n) is 1.54. The van der Waals surface area contributed by atoms with Crippen LogP contribution in [0.4, 0.5) is 0 Å². The van der Waals surface area contributed by atoms with Crippen LogP contribution in [0.25, 0.3) is 0 Å². The molecule has 0 aliphatic rings. The Morgan fingerprint density at radius 2 is 1.44 bits per heavy atom. The molecule has 1 heterocycles. The molecule has 0 radical (unpaired) electrons. The fourth-order valence-electron chi connectivity index (χ4n) is 0.485. The van der Waals surface area contributed by atoms with Crippen molar-refractivity contribution in [3.8, 4) is 0 Å². The van der Waals surface area contributed by atoms with E-state index in [9.17, 15) is 0 Å². The number of hydrogen-bond acceptors (Lipinski definition) is 0. The first kappa shape index (κ1) is 11.9. The molecule has 1 rings (SSSR count). The van der Waals surface area contributed by atoms with E-state index in [0.29, 0.717) is 0 Å². The van der Waals surface area contributed by atoms with Crippen molar-refractivity contribution < 1.29 is 21.5 Å². The predicted octanol–water partition coefficient (Wildman–Crippen LogP) is -1.91. The summed E-state index contributed by atoms with van der Waals surface area (Å²) in [4.78, 5) is 0. The molecule has 0 saturated heterocycles. The highest BCUT2D eigenvalue weighted by molar-refractivity contribution is 8.93. The van der Waals surface area contributed by atoms with E-state index in [2.05, 4.69) is 0 Å². The summed E-state index contributed by atoms with van der Waals surface area (Å²) in [5, 5.41) is 0. The fourth-order valence-corrected chi connectivity index (χ4v) is 0.485. The summed E-state index contributed by atoms with van der Waals surface area (Å²) in [5.74, 6) is 0. The number of nitrogens with zero attached hydrogens (tertiary/aromatic N) is 1. The van der Waals surface area contributed by atoms with E-state index in [4.69, 9.17) is 0 Å². The van der Waals surface area contributed by atoms with Gasteiger partial charge in [-0.05, 0) is 0 Å². The molecule has 1 nitrogen and oxygen atoms in total. The highest BCUT2D eigenvalue weighted by Crippen LogP contribution is 1.71. The topological polar surface area (TPSA) is 3.88 Å². The Labute approximate surface area is 76.3 Å². The third-order valence-corrected chi connectivity index (χ3v) is 0.865. The number of halogens is 2. The van der Waals surface area contributed by atoms with E-state index in [-0.39, 0.29) is 34.0 Å². The molecule has 0 aliphatic carbocycles. The lowest BCUT2D eigenvalue weighted by molar-refractivity contribution is -0.671. The maximum atomic E-state index is 2.00. The van der Waals surface area contributed by atoms with E-state index < -0.39 is 0 Å². The molecule has 1 aromatic heterocycles. The van der Waals surface area contributed by atoms with Gasteiger partial charge in [0.05, 0.1) is 0 Å². The van der Waals surface area contributed by atoms with Crippen LogP contribution >= 0.6 is 17.0 Å². The standard InChI is InChI=1S/C6H8N.2BrH/c1-7-5-3-2-4-6-7;;/h2-6H,1H3;2*1H/q+1;;/p-1. The lowest BCUT2D eigenvalue weighted by Crippen LogP contribution is -3.00. The molecule has 0 amide bonds. The third kappa shape index (κ3) is 4.60. The Morgan fingerprint density at radius 3 is 1.67 bits per heavy atom. The summed E-state index contributed by atoms with van der Waals surface area (Å²) in [6, 6.07) is 6.00. The highest BCUT2D eigenvalue weighted by atomic mass is 79.9. The first-order valence-electron chi connectivity index (χ1n) is 2.30. The Bertz CT molecular complexity index is 141. The van der Waals surface area contributed by atoms with Crippen LogP contribution in [0.15, 0.2) is 30.6 Å². The normalized spacial score (nSPS) is 6.78. The molecule has 9 heavy (non-hydrogen) atoms. The van der Waals surface area contributed by atoms with Crippen molar-refractivity contribution in [1.29, 1.82) is 0 Å². The molecule has 3 heteroatoms. The van der Waals surface area contributed by atoms with Gasteiger partial charge in [-0.15, -0.1) is 17.0 Å². The minimum Gasteiger partial charge on any atom is -1.00 e. The second-order valence-corrected chi connectivity index (χ2v) is 1.54. The number of pyridine rings is 1. The molecule has 0 N–H and O–H groups in total. The maximum Gasteiger partial charge on any atom is 0.168 e. The second kappa shape index (κ2) is 6.23. The number of rotatable bonds is 0. The van der Waals surface area contributed by atoms with Crippen molar-refractivity contribution in [2.75, 3.05) is 0 Å². The average molecular weight is 255 g/mol. The van der Waals surface area contributed by atoms with Crippen molar-refractivity contribution >= 4 is 17.0 Å². The lowest BCUT2D eigenvalue weighted by Gasteiger charge is -1.77. The van der Waals surface area contributed by atoms with Crippen molar-refractivity contribution in [2.24, 2.45) is 7.05 Å². The van der Waals surface area contributed by atoms with Gasteiger partial charge in [-0.1, -0.05) is 6.07 Å². The quantitative estimate of drug-likeness (QED) is 0.476. The van der Waals surface area contributed by atoms with Gasteiger partial charge in [0.15, 0.2) is 12.4 Å². The van der Waals surface area contributed by atoms with Gasteiger partial charge in [-0.3, -0.25) is 0 Å². The van der Waals surface area contributed by atoms with Crippen LogP contribution in [0.1, 0.15) is 0 Å². The molecular weight excluding hydrogens is 246 g/mol. The van der Waals surface area contributed by atoms with Crippen molar-refractivity contribution in [2.45, 2.75) is 0 Å². The fraction of sp³-hybridized carbons (Fsp3) is 0.167. The molecule has 0 spiro atoms. The largest absolute Gasteiger partial charge is 1.00 e. The summed E-state index contributed by atoms with van der Waals surface area (Å²) >= 11 is 0. The molecule has 0 aromatic carbocycles. The van der Waals surface area contributed by atoms with Crippen LogP contribution in [0, 0.1) is 0 Å². The lowest BCUT2D eigenvalue weighted by atomic mass is 10.5. The van der Waals surface area contributed by atoms with E-state index in [1.807, 2.05) is 42.2 Å². The summed E-state index contributed by atoms with van der Waals surface area (Å²) in [5.41, 5.74) is 0. The number of aryl methyl sites for hydroxylation is 1. The zero-order valence-electron chi connectivity index (χ0n) is 5.12. The van der Waals surface area contributed by atoms with Crippen LogP contribution in [0.3, 0.4) is 0 Å². The molecule has 0 saturated carbocycles. The minimum atomic E-state index is 0. The van der Waals surface area contributed by atoms with Gasteiger partial charge in [0, 0.05) is 12.1 Å². The van der Waals surface area contributed by atoms with Gasteiger partial charge in [0.25, 0.3) is 0 Å². The molecule has 0 fully saturated rings. The molecule has 0 unspecified atom stereocenters. The summed E-state index contributed by atoms with van der Waals surface area (Å²) in [7, 11) is 2.00. The molecular formula is C6H9Br2N. The van der Waals surface area contributed by atoms with Gasteiger partial charge in [-0.2, -0.15) is 0 Å². The third-order valence-electron chi connectivity index (χ3n) is 0.865. The van der Waals surface area contributed by atoms with Gasteiger partial charge >= 0.3 is 0 Å². The van der Waals surface area contributed by atoms with E-state index >= 15 is 0 Å². The van der Waals surface area contributed by atoms with E-state index in [0.717, 1.165) is 0 Å². The van der Waals surface area contributed by atoms with Crippen LogP contribution in [-0.2, 0) is 7.05 Å². The van der Waals surface area contributed by atoms with Crippen LogP contribution in [-0.4, -0.2) is 0 Å². The van der Waals surface area contributed by atoms with Gasteiger partial charge < -0.3 is 17.0 Å². The monoisotopic (exact) mass is 253 g/mol. The summed E-state index contributed by atoms with van der Waals surface area (Å²) in [6.45, 7) is 0. The first-order valence-corrected chi connectivity index (χ1v) is 2.30. The molecule has 0 atom stereocenters. The van der Waals surface area contributed by atoms with Crippen molar-refractivity contribution in [1.82, 2.24) is 0 Å². The Hall–Kier alpha value is 0.110. The highest BCUT2D eigenvalue weighted by Gasteiger charge is 1.78. The van der Waals surface area contributed by atoms with Gasteiger partial charge in [-0.25, -0.2) is 4.57 Å². The average Bonchev–Trinajstić information content (AvgIpc) is 1.69. The van der Waals surface area contributed by atoms with Gasteiger partial charge in [0.2, 0.25) is 0 Å². The molecule has 0 aliphatic heterocycles. The molecule has 52 valence electrons. The Balaban J connectivity index is 0. The summed E-state index contributed by atoms with van der Waals surface area (Å²) < 4.78 is 2.00. The Kier molecular flexibility index (Phi) is 8.21. The maximum absolute atomic E-state index is 2.00. The molecule has 1 aromatic rings. The Morgan fingerprint density at radius 1 is 1.00 bits per heavy atom. The number of hydrogen-bond donors (Lipinski definition) is 0. The molecule has 0 bridgehead atoms. The van der Waals surface area contributed by atoms with E-state index in [1.165, 1.54) is 0 Å². The van der Waals surface area contributed by atoms with Crippen molar-refractivity contribution in [3.63, 3.8) is 0 Å². The smallest absolute Gasteiger partial charge is 0.168 e. The first-order chi connectivity index (χ1) is 3.39. The zero-order chi connectivity index (χ0) is 5.11. The van der Waals surface area contributed by atoms with Crippen LogP contribution in [0.5, 0.6) is 0 Å². The van der Waals surface area contributed by atoms with Gasteiger partial charge in [0.1, 0.15) is 7.05 Å². The van der Waals surface area contributed by atoms with E-state index in [1.54, 1.807) is 0 Å². The van der Waals surface area contributed by atoms with Crippen LogP contribution in [0.2, 0.25) is 0 Å². The number of aromatic nitrogens is 1. The van der Waals surface area contributed by atoms with Crippen molar-refractivity contribution in [3.05, 3.63) is 30.6 Å². The summed E-state index contributed by atoms with van der Waals surface area (Å²) in [6.07, 6.45) is 4.00. The zero-order valence-corrected chi connectivity index (χ0v) is 8.42. The SMILES string of the molecule is Br.C[n+]1ccccc1.[Br-]. The minimum absolute atomic E-state index is 0. The predicted molar refractivity (Wildman–Crippen MR) is 37.9 cm³/mol.